The van der Waals surface area contributed by atoms with Gasteiger partial charge in [-0.05, 0) is 55.6 Å². The van der Waals surface area contributed by atoms with Crippen molar-refractivity contribution >= 4 is 54.5 Å². The van der Waals surface area contributed by atoms with E-state index >= 15 is 0 Å². The van der Waals surface area contributed by atoms with E-state index in [0.717, 1.165) is 20.0 Å². The molecule has 2 rings (SSSR count). The molecule has 0 radical (unpaired) electrons. The summed E-state index contributed by atoms with van der Waals surface area (Å²) in [6.07, 6.45) is 0. The Bertz CT molecular complexity index is 399. The fourth-order valence-corrected chi connectivity index (χ4v) is 1.84. The molecule has 1 aromatic carbocycles. The average molecular weight is 310 g/mol. The Labute approximate surface area is 90.6 Å². The van der Waals surface area contributed by atoms with Gasteiger partial charge >= 0.3 is 0 Å². The fourth-order valence-electron chi connectivity index (χ4n) is 0.974. The molecule has 0 saturated carbocycles. The molecule has 1 aromatic heterocycles. The second-order valence-corrected chi connectivity index (χ2v) is 4.38. The van der Waals surface area contributed by atoms with Gasteiger partial charge in [-0.1, -0.05) is 0 Å². The fraction of sp³-hybridized carbons (Fsp3) is 0. The summed E-state index contributed by atoms with van der Waals surface area (Å²) >= 11 is 12.5. The summed E-state index contributed by atoms with van der Waals surface area (Å²) < 4.78 is 1.95. The normalized spacial score (nSPS) is 10.9. The molecule has 0 aliphatic heterocycles. The molecule has 12 heavy (non-hydrogen) atoms. The van der Waals surface area contributed by atoms with Crippen LogP contribution in [-0.4, -0.2) is 9.97 Å². The molecular weight excluding hydrogens is 307 g/mol. The van der Waals surface area contributed by atoms with Crippen LogP contribution in [0.15, 0.2) is 21.1 Å². The SMILES string of the molecule is Clc1nc2cc(Br)c(Br)cc2[nH]1. The van der Waals surface area contributed by atoms with Crippen LogP contribution in [0.3, 0.4) is 0 Å². The third kappa shape index (κ3) is 1.39. The highest BCUT2D eigenvalue weighted by Crippen LogP contribution is 2.27. The standard InChI is InChI=1S/C7H3Br2ClN2/c8-3-1-5-6(2-4(3)9)12-7(10)11-5/h1-2H,(H,11,12). The van der Waals surface area contributed by atoms with Gasteiger partial charge in [-0.25, -0.2) is 4.98 Å². The van der Waals surface area contributed by atoms with Crippen molar-refractivity contribution in [3.05, 3.63) is 26.4 Å². The molecule has 0 aliphatic rings. The first-order chi connectivity index (χ1) is 5.66. The molecule has 2 aromatic rings. The van der Waals surface area contributed by atoms with Gasteiger partial charge < -0.3 is 4.98 Å². The molecule has 0 fully saturated rings. The Morgan fingerprint density at radius 3 is 2.67 bits per heavy atom. The van der Waals surface area contributed by atoms with Gasteiger partial charge in [0, 0.05) is 8.95 Å². The third-order valence-electron chi connectivity index (χ3n) is 1.50. The van der Waals surface area contributed by atoms with Crippen molar-refractivity contribution in [1.29, 1.82) is 0 Å². The number of halogens is 3. The van der Waals surface area contributed by atoms with E-state index in [-0.39, 0.29) is 0 Å². The minimum Gasteiger partial charge on any atom is -0.329 e. The molecule has 62 valence electrons. The van der Waals surface area contributed by atoms with Gasteiger partial charge in [0.05, 0.1) is 11.0 Å². The Morgan fingerprint density at radius 1 is 1.25 bits per heavy atom. The van der Waals surface area contributed by atoms with Crippen molar-refractivity contribution in [3.63, 3.8) is 0 Å². The molecule has 0 unspecified atom stereocenters. The number of imidazole rings is 1. The lowest BCUT2D eigenvalue weighted by Gasteiger charge is -1.93. The van der Waals surface area contributed by atoms with E-state index < -0.39 is 0 Å². The van der Waals surface area contributed by atoms with Crippen LogP contribution >= 0.6 is 43.5 Å². The molecule has 0 bridgehead atoms. The highest BCUT2D eigenvalue weighted by atomic mass is 79.9. The lowest BCUT2D eigenvalue weighted by atomic mass is 10.3. The zero-order valence-electron chi connectivity index (χ0n) is 5.74. The Balaban J connectivity index is 2.83. The van der Waals surface area contributed by atoms with E-state index in [1.54, 1.807) is 0 Å². The van der Waals surface area contributed by atoms with Gasteiger partial charge in [0.1, 0.15) is 0 Å². The summed E-state index contributed by atoms with van der Waals surface area (Å²) in [6, 6.07) is 3.83. The highest BCUT2D eigenvalue weighted by Gasteiger charge is 2.03. The number of hydrogen-bond donors (Lipinski definition) is 1. The van der Waals surface area contributed by atoms with Gasteiger partial charge in [-0.15, -0.1) is 0 Å². The van der Waals surface area contributed by atoms with E-state index in [1.165, 1.54) is 0 Å². The molecule has 0 atom stereocenters. The van der Waals surface area contributed by atoms with E-state index in [4.69, 9.17) is 11.6 Å². The van der Waals surface area contributed by atoms with Crippen LogP contribution in [0.2, 0.25) is 5.28 Å². The predicted molar refractivity (Wildman–Crippen MR) is 56.5 cm³/mol. The minimum atomic E-state index is 0.412. The number of aromatic nitrogens is 2. The molecule has 0 aliphatic carbocycles. The molecule has 0 amide bonds. The highest BCUT2D eigenvalue weighted by molar-refractivity contribution is 9.13. The van der Waals surface area contributed by atoms with Gasteiger partial charge in [0.25, 0.3) is 0 Å². The second kappa shape index (κ2) is 3.01. The number of fused-ring (bicyclic) bond motifs is 1. The van der Waals surface area contributed by atoms with Crippen molar-refractivity contribution in [1.82, 2.24) is 9.97 Å². The lowest BCUT2D eigenvalue weighted by Crippen LogP contribution is -1.71. The van der Waals surface area contributed by atoms with Crippen LogP contribution in [0.25, 0.3) is 11.0 Å². The Morgan fingerprint density at radius 2 is 1.92 bits per heavy atom. The van der Waals surface area contributed by atoms with Gasteiger partial charge in [0.15, 0.2) is 0 Å². The summed E-state index contributed by atoms with van der Waals surface area (Å²) in [7, 11) is 0. The van der Waals surface area contributed by atoms with Crippen LogP contribution in [0.1, 0.15) is 0 Å². The first-order valence-corrected chi connectivity index (χ1v) is 5.13. The van der Waals surface area contributed by atoms with E-state index in [1.807, 2.05) is 12.1 Å². The second-order valence-electron chi connectivity index (χ2n) is 2.31. The van der Waals surface area contributed by atoms with Crippen LogP contribution < -0.4 is 0 Å². The van der Waals surface area contributed by atoms with Crippen molar-refractivity contribution in [2.45, 2.75) is 0 Å². The van der Waals surface area contributed by atoms with Crippen molar-refractivity contribution < 1.29 is 0 Å². The van der Waals surface area contributed by atoms with Crippen molar-refractivity contribution in [3.8, 4) is 0 Å². The first kappa shape index (κ1) is 8.53. The predicted octanol–water partition coefficient (Wildman–Crippen LogP) is 3.74. The number of rotatable bonds is 0. The zero-order valence-corrected chi connectivity index (χ0v) is 9.66. The van der Waals surface area contributed by atoms with Gasteiger partial charge in [-0.2, -0.15) is 0 Å². The largest absolute Gasteiger partial charge is 0.329 e. The summed E-state index contributed by atoms with van der Waals surface area (Å²) in [5.74, 6) is 0. The topological polar surface area (TPSA) is 28.7 Å². The molecule has 0 spiro atoms. The smallest absolute Gasteiger partial charge is 0.201 e. The Kier molecular flexibility index (Phi) is 2.14. The Hall–Kier alpha value is -0.0600. The van der Waals surface area contributed by atoms with E-state index in [2.05, 4.69) is 41.8 Å². The number of nitrogens with one attached hydrogen (secondary N) is 1. The third-order valence-corrected chi connectivity index (χ3v) is 3.52. The maximum absolute atomic E-state index is 5.69. The molecule has 2 nitrogen and oxygen atoms in total. The van der Waals surface area contributed by atoms with E-state index in [0.29, 0.717) is 5.28 Å². The summed E-state index contributed by atoms with van der Waals surface area (Å²) in [5.41, 5.74) is 1.78. The number of hydrogen-bond acceptors (Lipinski definition) is 1. The average Bonchev–Trinajstić information content (AvgIpc) is 2.30. The summed E-state index contributed by atoms with van der Waals surface area (Å²) in [4.78, 5) is 7.00. The molecular formula is C7H3Br2ClN2. The number of H-pyrrole nitrogens is 1. The van der Waals surface area contributed by atoms with Crippen LogP contribution in [-0.2, 0) is 0 Å². The number of aromatic amines is 1. The van der Waals surface area contributed by atoms with E-state index in [9.17, 15) is 0 Å². The molecule has 1 N–H and O–H groups in total. The maximum atomic E-state index is 5.69. The van der Waals surface area contributed by atoms with Crippen LogP contribution in [0.4, 0.5) is 0 Å². The summed E-state index contributed by atoms with van der Waals surface area (Å²) in [6.45, 7) is 0. The number of nitrogens with zero attached hydrogens (tertiary/aromatic N) is 1. The van der Waals surface area contributed by atoms with Gasteiger partial charge in [0.2, 0.25) is 5.28 Å². The first-order valence-electron chi connectivity index (χ1n) is 3.17. The molecule has 5 heteroatoms. The quantitative estimate of drug-likeness (QED) is 0.789. The zero-order chi connectivity index (χ0) is 8.72. The van der Waals surface area contributed by atoms with Crippen molar-refractivity contribution in [2.75, 3.05) is 0 Å². The van der Waals surface area contributed by atoms with Crippen LogP contribution in [0, 0.1) is 0 Å². The monoisotopic (exact) mass is 308 g/mol. The van der Waals surface area contributed by atoms with Crippen LogP contribution in [0.5, 0.6) is 0 Å². The van der Waals surface area contributed by atoms with Crippen molar-refractivity contribution in [2.24, 2.45) is 0 Å². The maximum Gasteiger partial charge on any atom is 0.201 e. The molecule has 1 heterocycles. The molecule has 0 saturated heterocycles. The van der Waals surface area contributed by atoms with Gasteiger partial charge in [-0.3, -0.25) is 0 Å². The minimum absolute atomic E-state index is 0.412. The summed E-state index contributed by atoms with van der Waals surface area (Å²) in [5, 5.41) is 0.412. The lowest BCUT2D eigenvalue weighted by molar-refractivity contribution is 1.34. The number of benzene rings is 1.